The molecule has 1 fully saturated rings. The smallest absolute Gasteiger partial charge is 0.237 e. The highest BCUT2D eigenvalue weighted by atomic mass is 79.9. The number of likely N-dealkylation sites (tertiary alicyclic amines) is 1. The quantitative estimate of drug-likeness (QED) is 0.518. The number of benzene rings is 2. The predicted octanol–water partition coefficient (Wildman–Crippen LogP) is 5.23. The Balaban J connectivity index is 0.00000272. The fourth-order valence-electron chi connectivity index (χ4n) is 4.54. The molecule has 0 saturated carbocycles. The van der Waals surface area contributed by atoms with Gasteiger partial charge in [-0.25, -0.2) is 4.39 Å². The van der Waals surface area contributed by atoms with Crippen LogP contribution in [0.25, 0.3) is 0 Å². The van der Waals surface area contributed by atoms with Crippen LogP contribution in [-0.2, 0) is 10.2 Å². The zero-order chi connectivity index (χ0) is 21.5. The first-order valence-corrected chi connectivity index (χ1v) is 11.2. The second-order valence-electron chi connectivity index (χ2n) is 8.73. The number of hydrogen-bond donors (Lipinski definition) is 0. The lowest BCUT2D eigenvalue weighted by atomic mass is 9.86. The minimum Gasteiger partial charge on any atom is -0.310 e. The van der Waals surface area contributed by atoms with E-state index in [0.717, 1.165) is 48.2 Å². The number of carbonyl (C=O) groups is 2. The van der Waals surface area contributed by atoms with Gasteiger partial charge < -0.3 is 9.80 Å². The van der Waals surface area contributed by atoms with Gasteiger partial charge in [-0.15, -0.1) is 12.4 Å². The topological polar surface area (TPSA) is 40.6 Å². The first-order valence-electron chi connectivity index (χ1n) is 10.4. The first-order chi connectivity index (χ1) is 14.3. The standard InChI is InChI=1S/C24H26BrFN2O2.ClH/c1-24(2)20-15-18(25)5-8-21(20)28(23(24)30)14-13-27-11-9-17(10-12-27)22(29)16-3-6-19(26)7-4-16;/h3-8,15,17H,9-14H2,1-2H3;1H. The van der Waals surface area contributed by atoms with Crippen LogP contribution in [0.1, 0.15) is 42.6 Å². The highest BCUT2D eigenvalue weighted by molar-refractivity contribution is 9.10. The van der Waals surface area contributed by atoms with Crippen LogP contribution in [0.4, 0.5) is 10.1 Å². The molecule has 2 aliphatic rings. The molecule has 0 spiro atoms. The van der Waals surface area contributed by atoms with Crippen LogP contribution in [0, 0.1) is 11.7 Å². The van der Waals surface area contributed by atoms with E-state index < -0.39 is 5.41 Å². The number of halogens is 3. The second-order valence-corrected chi connectivity index (χ2v) is 9.65. The van der Waals surface area contributed by atoms with Gasteiger partial charge in [0.15, 0.2) is 5.78 Å². The van der Waals surface area contributed by atoms with E-state index in [0.29, 0.717) is 12.1 Å². The Morgan fingerprint density at radius 2 is 1.74 bits per heavy atom. The lowest BCUT2D eigenvalue weighted by molar-refractivity contribution is -0.122. The number of carbonyl (C=O) groups excluding carboxylic acids is 2. The predicted molar refractivity (Wildman–Crippen MR) is 127 cm³/mol. The van der Waals surface area contributed by atoms with Crippen molar-refractivity contribution in [2.75, 3.05) is 31.1 Å². The molecule has 1 saturated heterocycles. The molecule has 0 unspecified atom stereocenters. The Morgan fingerprint density at radius 3 is 2.39 bits per heavy atom. The normalized spacial score (nSPS) is 18.6. The van der Waals surface area contributed by atoms with Crippen molar-refractivity contribution < 1.29 is 14.0 Å². The third kappa shape index (κ3) is 4.71. The number of hydrogen-bond acceptors (Lipinski definition) is 3. The lowest BCUT2D eigenvalue weighted by Gasteiger charge is -2.32. The SMILES string of the molecule is CC1(C)C(=O)N(CCN2CCC(C(=O)c3ccc(F)cc3)CC2)c2ccc(Br)cc21.Cl. The van der Waals surface area contributed by atoms with Gasteiger partial charge in [-0.05, 0) is 87.8 Å². The molecule has 0 radical (unpaired) electrons. The summed E-state index contributed by atoms with van der Waals surface area (Å²) in [5, 5.41) is 0. The molecule has 0 atom stereocenters. The lowest BCUT2D eigenvalue weighted by Crippen LogP contribution is -2.43. The van der Waals surface area contributed by atoms with E-state index >= 15 is 0 Å². The second kappa shape index (κ2) is 9.39. The summed E-state index contributed by atoms with van der Waals surface area (Å²) in [4.78, 5) is 29.9. The number of rotatable bonds is 5. The van der Waals surface area contributed by atoms with Crippen molar-refractivity contribution in [2.45, 2.75) is 32.1 Å². The summed E-state index contributed by atoms with van der Waals surface area (Å²) in [6.07, 6.45) is 1.58. The maximum atomic E-state index is 13.1. The van der Waals surface area contributed by atoms with Crippen LogP contribution < -0.4 is 4.90 Å². The minimum absolute atomic E-state index is 0. The number of ketones is 1. The fourth-order valence-corrected chi connectivity index (χ4v) is 4.90. The van der Waals surface area contributed by atoms with E-state index in [1.165, 1.54) is 12.1 Å². The van der Waals surface area contributed by atoms with Gasteiger partial charge in [0.25, 0.3) is 0 Å². The van der Waals surface area contributed by atoms with Crippen LogP contribution >= 0.6 is 28.3 Å². The molecule has 2 aromatic rings. The van der Waals surface area contributed by atoms with Crippen molar-refractivity contribution in [3.63, 3.8) is 0 Å². The van der Waals surface area contributed by atoms with Crippen molar-refractivity contribution in [1.29, 1.82) is 0 Å². The molecule has 1 amide bonds. The average Bonchev–Trinajstić information content (AvgIpc) is 2.92. The van der Waals surface area contributed by atoms with Crippen LogP contribution in [0.5, 0.6) is 0 Å². The highest BCUT2D eigenvalue weighted by Gasteiger charge is 2.43. The van der Waals surface area contributed by atoms with Gasteiger partial charge in [-0.1, -0.05) is 15.9 Å². The highest BCUT2D eigenvalue weighted by Crippen LogP contribution is 2.42. The average molecular weight is 510 g/mol. The van der Waals surface area contributed by atoms with Gasteiger partial charge in [-0.2, -0.15) is 0 Å². The monoisotopic (exact) mass is 508 g/mol. The molecule has 0 aromatic heterocycles. The van der Waals surface area contributed by atoms with Crippen molar-refractivity contribution in [3.8, 4) is 0 Å². The van der Waals surface area contributed by atoms with Crippen molar-refractivity contribution in [3.05, 3.63) is 63.9 Å². The summed E-state index contributed by atoms with van der Waals surface area (Å²) < 4.78 is 14.1. The largest absolute Gasteiger partial charge is 0.310 e. The number of nitrogens with zero attached hydrogens (tertiary/aromatic N) is 2. The first kappa shape index (κ1) is 23.9. The molecule has 4 rings (SSSR count). The van der Waals surface area contributed by atoms with Crippen LogP contribution in [0.15, 0.2) is 46.9 Å². The van der Waals surface area contributed by atoms with Gasteiger partial charge in [-0.3, -0.25) is 9.59 Å². The van der Waals surface area contributed by atoms with E-state index in [1.54, 1.807) is 12.1 Å². The summed E-state index contributed by atoms with van der Waals surface area (Å²) in [6.45, 7) is 7.05. The summed E-state index contributed by atoms with van der Waals surface area (Å²) in [5.74, 6) is -0.102. The van der Waals surface area contributed by atoms with Gasteiger partial charge in [0, 0.05) is 34.7 Å². The van der Waals surface area contributed by atoms with Gasteiger partial charge in [0.1, 0.15) is 5.82 Å². The number of amides is 1. The van der Waals surface area contributed by atoms with Gasteiger partial charge in [0.05, 0.1) is 5.41 Å². The molecule has 0 N–H and O–H groups in total. The Labute approximate surface area is 197 Å². The zero-order valence-corrected chi connectivity index (χ0v) is 20.1. The molecule has 7 heteroatoms. The summed E-state index contributed by atoms with van der Waals surface area (Å²) in [5.41, 5.74) is 2.12. The molecule has 31 heavy (non-hydrogen) atoms. The molecule has 2 heterocycles. The molecule has 4 nitrogen and oxygen atoms in total. The van der Waals surface area contributed by atoms with Crippen molar-refractivity contribution in [2.24, 2.45) is 5.92 Å². The van der Waals surface area contributed by atoms with E-state index in [2.05, 4.69) is 20.8 Å². The third-order valence-electron chi connectivity index (χ3n) is 6.43. The van der Waals surface area contributed by atoms with E-state index in [-0.39, 0.29) is 35.8 Å². The van der Waals surface area contributed by atoms with Crippen molar-refractivity contribution in [1.82, 2.24) is 4.90 Å². The third-order valence-corrected chi connectivity index (χ3v) is 6.92. The molecule has 0 aliphatic carbocycles. The Kier molecular flexibility index (Phi) is 7.24. The zero-order valence-electron chi connectivity index (χ0n) is 17.7. The van der Waals surface area contributed by atoms with E-state index in [9.17, 15) is 14.0 Å². The maximum absolute atomic E-state index is 13.1. The molecule has 2 aliphatic heterocycles. The van der Waals surface area contributed by atoms with E-state index in [1.807, 2.05) is 36.9 Å². The van der Waals surface area contributed by atoms with Crippen LogP contribution in [0.2, 0.25) is 0 Å². The van der Waals surface area contributed by atoms with Crippen LogP contribution in [-0.4, -0.2) is 42.8 Å². The van der Waals surface area contributed by atoms with E-state index in [4.69, 9.17) is 0 Å². The number of anilines is 1. The van der Waals surface area contributed by atoms with Crippen molar-refractivity contribution >= 4 is 45.7 Å². The van der Waals surface area contributed by atoms with Gasteiger partial charge >= 0.3 is 0 Å². The fraction of sp³-hybridized carbons (Fsp3) is 0.417. The van der Waals surface area contributed by atoms with Gasteiger partial charge in [0.2, 0.25) is 5.91 Å². The van der Waals surface area contributed by atoms with Crippen LogP contribution in [0.3, 0.4) is 0 Å². The number of fused-ring (bicyclic) bond motifs is 1. The number of Topliss-reactive ketones (excluding diaryl/α,β-unsaturated/α-hetero) is 1. The summed E-state index contributed by atoms with van der Waals surface area (Å²) in [6, 6.07) is 11.9. The summed E-state index contributed by atoms with van der Waals surface area (Å²) >= 11 is 3.51. The Morgan fingerprint density at radius 1 is 1.10 bits per heavy atom. The molecule has 2 aromatic carbocycles. The number of piperidine rings is 1. The Bertz CT molecular complexity index is 972. The minimum atomic E-state index is -0.520. The molecular weight excluding hydrogens is 483 g/mol. The molecule has 0 bridgehead atoms. The Hall–Kier alpha value is -1.76. The summed E-state index contributed by atoms with van der Waals surface area (Å²) in [7, 11) is 0. The molecular formula is C24H27BrClFN2O2. The molecule has 166 valence electrons. The maximum Gasteiger partial charge on any atom is 0.237 e.